The number of piperidine rings is 1. The van der Waals surface area contributed by atoms with Crippen LogP contribution in [0.2, 0.25) is 0 Å². The van der Waals surface area contributed by atoms with Crippen molar-refractivity contribution < 1.29 is 8.42 Å². The van der Waals surface area contributed by atoms with Gasteiger partial charge in [0.15, 0.2) is 9.84 Å². The van der Waals surface area contributed by atoms with Gasteiger partial charge in [0.25, 0.3) is 0 Å². The Bertz CT molecular complexity index is 1410. The topological polar surface area (TPSA) is 56.8 Å². The summed E-state index contributed by atoms with van der Waals surface area (Å²) in [6.07, 6.45) is 7.17. The van der Waals surface area contributed by atoms with Crippen molar-refractivity contribution in [2.45, 2.75) is 56.2 Å². The standard InChI is InChI=1S/C29H36N4O2S/c1-20(2)32-15-11-21(12-16-32)22-5-10-26-25(17-22)28-27(18-30-26)31(3)19-33(28)24-8-6-23(7-9-24)29(13-14-29)36(4,34)35/h5-10,17-18,20-21H,11-16,19H2,1-4H3. The fourth-order valence-electron chi connectivity index (χ4n) is 6.25. The van der Waals surface area contributed by atoms with Gasteiger partial charge in [-0.1, -0.05) is 18.2 Å². The third-order valence-corrected chi connectivity index (χ3v) is 10.8. The molecule has 6 nitrogen and oxygen atoms in total. The highest BCUT2D eigenvalue weighted by Gasteiger charge is 2.53. The molecule has 1 aromatic heterocycles. The summed E-state index contributed by atoms with van der Waals surface area (Å²) in [6, 6.07) is 15.6. The van der Waals surface area contributed by atoms with E-state index in [-0.39, 0.29) is 0 Å². The van der Waals surface area contributed by atoms with Crippen LogP contribution in [0.25, 0.3) is 10.9 Å². The number of hydrogen-bond donors (Lipinski definition) is 0. The Kier molecular flexibility index (Phi) is 5.57. The summed E-state index contributed by atoms with van der Waals surface area (Å²) in [5.74, 6) is 0.581. The van der Waals surface area contributed by atoms with E-state index in [0.29, 0.717) is 12.0 Å². The average molecular weight is 505 g/mol. The van der Waals surface area contributed by atoms with Gasteiger partial charge in [-0.2, -0.15) is 0 Å². The molecule has 7 heteroatoms. The number of nitrogens with zero attached hydrogens (tertiary/aromatic N) is 4. The van der Waals surface area contributed by atoms with Crippen molar-refractivity contribution in [3.63, 3.8) is 0 Å². The second kappa shape index (κ2) is 8.45. The van der Waals surface area contributed by atoms with E-state index in [9.17, 15) is 8.42 Å². The fourth-order valence-corrected chi connectivity index (χ4v) is 7.66. The van der Waals surface area contributed by atoms with Gasteiger partial charge in [0.1, 0.15) is 0 Å². The van der Waals surface area contributed by atoms with Crippen LogP contribution < -0.4 is 9.80 Å². The van der Waals surface area contributed by atoms with Crippen LogP contribution in [0.4, 0.5) is 17.1 Å². The molecule has 1 saturated heterocycles. The monoisotopic (exact) mass is 504 g/mol. The number of hydrogen-bond acceptors (Lipinski definition) is 6. The largest absolute Gasteiger partial charge is 0.354 e. The van der Waals surface area contributed by atoms with Gasteiger partial charge < -0.3 is 14.7 Å². The number of sulfone groups is 1. The highest BCUT2D eigenvalue weighted by atomic mass is 32.2. The lowest BCUT2D eigenvalue weighted by Gasteiger charge is -2.35. The number of benzene rings is 2. The molecule has 0 bridgehead atoms. The van der Waals surface area contributed by atoms with Crippen LogP contribution >= 0.6 is 0 Å². The van der Waals surface area contributed by atoms with E-state index in [1.165, 1.54) is 35.7 Å². The summed E-state index contributed by atoms with van der Waals surface area (Å²) in [5, 5.41) is 1.19. The minimum atomic E-state index is -3.12. The van der Waals surface area contributed by atoms with E-state index in [1.807, 2.05) is 18.3 Å². The lowest BCUT2D eigenvalue weighted by molar-refractivity contribution is 0.172. The van der Waals surface area contributed by atoms with Crippen LogP contribution in [0.15, 0.2) is 48.7 Å². The molecule has 0 radical (unpaired) electrons. The van der Waals surface area contributed by atoms with Crippen LogP contribution in [-0.4, -0.2) is 57.4 Å². The molecule has 0 spiro atoms. The number of likely N-dealkylation sites (tertiary alicyclic amines) is 1. The zero-order valence-electron chi connectivity index (χ0n) is 21.7. The molecule has 3 aromatic rings. The molecule has 3 aliphatic rings. The normalized spacial score (nSPS) is 20.4. The van der Waals surface area contributed by atoms with Crippen LogP contribution in [0, 0.1) is 0 Å². The number of rotatable bonds is 5. The van der Waals surface area contributed by atoms with Gasteiger partial charge >= 0.3 is 0 Å². The van der Waals surface area contributed by atoms with E-state index in [2.05, 4.69) is 65.9 Å². The van der Waals surface area contributed by atoms with E-state index in [4.69, 9.17) is 4.98 Å². The first-order valence-electron chi connectivity index (χ1n) is 13.1. The Morgan fingerprint density at radius 1 is 1.03 bits per heavy atom. The summed E-state index contributed by atoms with van der Waals surface area (Å²) in [7, 11) is -1.01. The maximum Gasteiger partial charge on any atom is 0.157 e. The maximum absolute atomic E-state index is 12.4. The molecule has 0 atom stereocenters. The Morgan fingerprint density at radius 3 is 2.33 bits per heavy atom. The van der Waals surface area contributed by atoms with E-state index < -0.39 is 14.6 Å². The molecule has 190 valence electrons. The second-order valence-corrected chi connectivity index (χ2v) is 13.6. The van der Waals surface area contributed by atoms with Crippen LogP contribution in [-0.2, 0) is 14.6 Å². The maximum atomic E-state index is 12.4. The van der Waals surface area contributed by atoms with Gasteiger partial charge in [0, 0.05) is 30.4 Å². The highest BCUT2D eigenvalue weighted by molar-refractivity contribution is 7.92. The Hall–Kier alpha value is -2.64. The number of anilines is 3. The minimum Gasteiger partial charge on any atom is -0.354 e. The molecular formula is C29H36N4O2S. The molecule has 1 aliphatic carbocycles. The van der Waals surface area contributed by atoms with Crippen molar-refractivity contribution in [3.8, 4) is 0 Å². The molecule has 2 fully saturated rings. The Morgan fingerprint density at radius 2 is 1.72 bits per heavy atom. The van der Waals surface area contributed by atoms with E-state index >= 15 is 0 Å². The van der Waals surface area contributed by atoms with Crippen LogP contribution in [0.3, 0.4) is 0 Å². The van der Waals surface area contributed by atoms with Crippen molar-refractivity contribution in [3.05, 3.63) is 59.8 Å². The smallest absolute Gasteiger partial charge is 0.157 e. The number of fused-ring (bicyclic) bond motifs is 3. The van der Waals surface area contributed by atoms with Gasteiger partial charge in [0.05, 0.1) is 34.5 Å². The fraction of sp³-hybridized carbons (Fsp3) is 0.483. The third-order valence-electron chi connectivity index (χ3n) is 8.73. The molecular weight excluding hydrogens is 468 g/mol. The van der Waals surface area contributed by atoms with Gasteiger partial charge in [-0.25, -0.2) is 8.42 Å². The van der Waals surface area contributed by atoms with Gasteiger partial charge in [-0.3, -0.25) is 4.98 Å². The second-order valence-electron chi connectivity index (χ2n) is 11.3. The van der Waals surface area contributed by atoms with Crippen molar-refractivity contribution in [2.75, 3.05) is 42.9 Å². The summed E-state index contributed by atoms with van der Waals surface area (Å²) >= 11 is 0. The Balaban J connectivity index is 1.35. The van der Waals surface area contributed by atoms with Crippen molar-refractivity contribution in [1.29, 1.82) is 0 Å². The molecule has 0 N–H and O–H groups in total. The van der Waals surface area contributed by atoms with Crippen molar-refractivity contribution in [2.24, 2.45) is 0 Å². The lowest BCUT2D eigenvalue weighted by Crippen LogP contribution is -2.37. The number of pyridine rings is 1. The molecule has 1 saturated carbocycles. The SMILES string of the molecule is CC(C)N1CCC(c2ccc3ncc4c(c3c2)N(c2ccc(C3(S(C)(=O)=O)CC3)cc2)CN4C)CC1. The first-order valence-corrected chi connectivity index (χ1v) is 15.0. The summed E-state index contributed by atoms with van der Waals surface area (Å²) < 4.78 is 24.1. The highest BCUT2D eigenvalue weighted by Crippen LogP contribution is 2.53. The molecule has 3 heterocycles. The zero-order valence-corrected chi connectivity index (χ0v) is 22.6. The first kappa shape index (κ1) is 23.7. The summed E-state index contributed by atoms with van der Waals surface area (Å²) in [4.78, 5) is 11.9. The van der Waals surface area contributed by atoms with Crippen LogP contribution in [0.5, 0.6) is 0 Å². The quantitative estimate of drug-likeness (QED) is 0.464. The van der Waals surface area contributed by atoms with E-state index in [1.54, 1.807) is 0 Å². The van der Waals surface area contributed by atoms with Crippen molar-refractivity contribution >= 4 is 37.8 Å². The van der Waals surface area contributed by atoms with Gasteiger partial charge in [-0.05, 0) is 93.9 Å². The Labute approximate surface area is 214 Å². The molecule has 2 aliphatic heterocycles. The first-order chi connectivity index (χ1) is 17.2. The minimum absolute atomic E-state index is 0.581. The number of aromatic nitrogens is 1. The lowest BCUT2D eigenvalue weighted by atomic mass is 9.88. The predicted octanol–water partition coefficient (Wildman–Crippen LogP) is 5.40. The summed E-state index contributed by atoms with van der Waals surface area (Å²) in [6.45, 7) is 7.62. The average Bonchev–Trinajstić information content (AvgIpc) is 3.63. The predicted molar refractivity (Wildman–Crippen MR) is 148 cm³/mol. The van der Waals surface area contributed by atoms with Gasteiger partial charge in [-0.15, -0.1) is 0 Å². The van der Waals surface area contributed by atoms with Crippen molar-refractivity contribution in [1.82, 2.24) is 9.88 Å². The molecule has 36 heavy (non-hydrogen) atoms. The molecule has 0 amide bonds. The molecule has 6 rings (SSSR count). The van der Waals surface area contributed by atoms with E-state index in [0.717, 1.165) is 55.1 Å². The molecule has 2 aromatic carbocycles. The zero-order chi connectivity index (χ0) is 25.2. The molecule has 0 unspecified atom stereocenters. The summed E-state index contributed by atoms with van der Waals surface area (Å²) in [5.41, 5.74) is 6.75. The van der Waals surface area contributed by atoms with Crippen LogP contribution in [0.1, 0.15) is 56.6 Å². The van der Waals surface area contributed by atoms with Gasteiger partial charge in [0.2, 0.25) is 0 Å². The third kappa shape index (κ3) is 3.79.